The van der Waals surface area contributed by atoms with Crippen LogP contribution in [0.3, 0.4) is 0 Å². The summed E-state index contributed by atoms with van der Waals surface area (Å²) >= 11 is 8.43. The number of rotatable bonds is 17. The van der Waals surface area contributed by atoms with E-state index < -0.39 is 10.7 Å². The molecular formula is C22H39NO3S3. The lowest BCUT2D eigenvalue weighted by molar-refractivity contribution is -0.145. The second kappa shape index (κ2) is 17.2. The van der Waals surface area contributed by atoms with Gasteiger partial charge in [0.1, 0.15) is 8.28 Å². The Bertz CT molecular complexity index is 521. The van der Waals surface area contributed by atoms with Gasteiger partial charge in [-0.3, -0.25) is 9.59 Å². The van der Waals surface area contributed by atoms with E-state index >= 15 is 0 Å². The zero-order valence-electron chi connectivity index (χ0n) is 18.4. The molecule has 0 spiro atoms. The maximum Gasteiger partial charge on any atom is 0.322 e. The first kappa shape index (κ1) is 28.5. The maximum atomic E-state index is 12.3. The number of thioether (sulfide) groups is 2. The number of carbonyl (C=O) groups is 2. The molecule has 0 saturated heterocycles. The normalized spacial score (nSPS) is 11.3. The molecule has 2 N–H and O–H groups in total. The summed E-state index contributed by atoms with van der Waals surface area (Å²) in [5, 5.41) is 0. The predicted octanol–water partition coefficient (Wildman–Crippen LogP) is 6.41. The monoisotopic (exact) mass is 461 g/mol. The Hall–Kier alpha value is -0.530. The second-order valence-electron chi connectivity index (χ2n) is 7.75. The van der Waals surface area contributed by atoms with Gasteiger partial charge in [0.15, 0.2) is 0 Å². The molecule has 0 fully saturated rings. The number of ether oxygens (including phenoxy) is 1. The summed E-state index contributed by atoms with van der Waals surface area (Å²) in [6, 6.07) is 0. The number of hydrogen-bond acceptors (Lipinski definition) is 6. The highest BCUT2D eigenvalue weighted by Crippen LogP contribution is 2.32. The van der Waals surface area contributed by atoms with Crippen LogP contribution in [0, 0.1) is 0 Å². The molecule has 7 heteroatoms. The highest BCUT2D eigenvalue weighted by molar-refractivity contribution is 8.47. The average molecular weight is 462 g/mol. The van der Waals surface area contributed by atoms with Crippen LogP contribution in [0.5, 0.6) is 0 Å². The zero-order chi connectivity index (χ0) is 22.1. The number of carbonyl (C=O) groups excluding carboxylic acids is 2. The van der Waals surface area contributed by atoms with Crippen LogP contribution in [0.25, 0.3) is 0 Å². The lowest BCUT2D eigenvalue weighted by atomic mass is 10.1. The Morgan fingerprint density at radius 3 is 2.03 bits per heavy atom. The van der Waals surface area contributed by atoms with Crippen molar-refractivity contribution in [3.63, 3.8) is 0 Å². The van der Waals surface area contributed by atoms with Gasteiger partial charge in [0.2, 0.25) is 5.91 Å². The minimum absolute atomic E-state index is 0.100. The van der Waals surface area contributed by atoms with E-state index in [1.54, 1.807) is 25.6 Å². The van der Waals surface area contributed by atoms with Crippen LogP contribution in [-0.2, 0) is 14.3 Å². The van der Waals surface area contributed by atoms with E-state index in [9.17, 15) is 9.59 Å². The summed E-state index contributed by atoms with van der Waals surface area (Å²) in [4.78, 5) is 23.2. The molecule has 0 saturated carbocycles. The van der Waals surface area contributed by atoms with Crippen LogP contribution >= 0.6 is 35.7 Å². The number of esters is 1. The number of nitrogens with two attached hydrogens (primary N) is 1. The van der Waals surface area contributed by atoms with Crippen LogP contribution in [-0.4, -0.2) is 32.5 Å². The number of amides is 1. The van der Waals surface area contributed by atoms with Crippen molar-refractivity contribution in [1.82, 2.24) is 0 Å². The third kappa shape index (κ3) is 15.9. The van der Waals surface area contributed by atoms with E-state index in [0.29, 0.717) is 0 Å². The SMILES string of the molecule is C=C(CCOC(=O)C(C)(C)SC(=S)SCCCCCCCCCCCC)C(N)=O. The molecule has 0 radical (unpaired) electrons. The van der Waals surface area contributed by atoms with Crippen molar-refractivity contribution in [2.45, 2.75) is 96.1 Å². The fraction of sp³-hybridized carbons (Fsp3) is 0.773. The number of unbranched alkanes of at least 4 members (excludes halogenated alkanes) is 9. The van der Waals surface area contributed by atoms with Gasteiger partial charge in [-0.05, 0) is 26.0 Å². The van der Waals surface area contributed by atoms with E-state index in [2.05, 4.69) is 13.5 Å². The first-order valence-corrected chi connectivity index (χ1v) is 12.9. The van der Waals surface area contributed by atoms with Crippen molar-refractivity contribution >= 4 is 51.1 Å². The van der Waals surface area contributed by atoms with Gasteiger partial charge >= 0.3 is 5.97 Å². The largest absolute Gasteiger partial charge is 0.464 e. The van der Waals surface area contributed by atoms with Crippen LogP contribution in [0.2, 0.25) is 0 Å². The van der Waals surface area contributed by atoms with Crippen molar-refractivity contribution in [2.24, 2.45) is 5.73 Å². The van der Waals surface area contributed by atoms with Crippen LogP contribution in [0.1, 0.15) is 91.4 Å². The van der Waals surface area contributed by atoms with Crippen LogP contribution < -0.4 is 5.73 Å². The highest BCUT2D eigenvalue weighted by atomic mass is 32.2. The molecule has 4 nitrogen and oxygen atoms in total. The molecule has 0 heterocycles. The predicted molar refractivity (Wildman–Crippen MR) is 132 cm³/mol. The van der Waals surface area contributed by atoms with Gasteiger partial charge in [-0.25, -0.2) is 0 Å². The van der Waals surface area contributed by atoms with Gasteiger partial charge in [0, 0.05) is 12.0 Å². The summed E-state index contributed by atoms with van der Waals surface area (Å²) in [6.45, 7) is 9.50. The fourth-order valence-electron chi connectivity index (χ4n) is 2.59. The van der Waals surface area contributed by atoms with Gasteiger partial charge in [-0.1, -0.05) is 95.3 Å². The topological polar surface area (TPSA) is 69.4 Å². The lowest BCUT2D eigenvalue weighted by Gasteiger charge is -2.22. The molecule has 0 aliphatic carbocycles. The molecule has 0 rings (SSSR count). The van der Waals surface area contributed by atoms with E-state index in [1.165, 1.54) is 69.5 Å². The maximum absolute atomic E-state index is 12.3. The van der Waals surface area contributed by atoms with Crippen molar-refractivity contribution in [1.29, 1.82) is 0 Å². The van der Waals surface area contributed by atoms with Crippen molar-refractivity contribution in [3.05, 3.63) is 12.2 Å². The highest BCUT2D eigenvalue weighted by Gasteiger charge is 2.31. The molecular weight excluding hydrogens is 422 g/mol. The summed E-state index contributed by atoms with van der Waals surface area (Å²) < 4.78 is 5.26. The standard InChI is InChI=1S/C22H39NO3S3/c1-5-6-7-8-9-10-11-12-13-14-17-28-21(27)29-22(3,4)20(25)26-16-15-18(2)19(23)24/h2,5-17H2,1,3-4H3,(H2,23,24). The Labute approximate surface area is 191 Å². The minimum Gasteiger partial charge on any atom is -0.464 e. The summed E-state index contributed by atoms with van der Waals surface area (Å²) in [6.07, 6.45) is 13.4. The molecule has 0 bridgehead atoms. The summed E-state index contributed by atoms with van der Waals surface area (Å²) in [5.74, 6) is 0.0761. The smallest absolute Gasteiger partial charge is 0.322 e. The third-order valence-corrected chi connectivity index (χ3v) is 7.31. The van der Waals surface area contributed by atoms with E-state index in [4.69, 9.17) is 22.7 Å². The molecule has 0 atom stereocenters. The van der Waals surface area contributed by atoms with E-state index in [0.717, 1.165) is 15.7 Å². The quantitative estimate of drug-likeness (QED) is 0.117. The fourth-order valence-corrected chi connectivity index (χ4v) is 5.65. The molecule has 0 aromatic rings. The zero-order valence-corrected chi connectivity index (χ0v) is 20.9. The van der Waals surface area contributed by atoms with Crippen molar-refractivity contribution in [2.75, 3.05) is 12.4 Å². The summed E-state index contributed by atoms with van der Waals surface area (Å²) in [5.41, 5.74) is 5.37. The van der Waals surface area contributed by atoms with Crippen molar-refractivity contribution < 1.29 is 14.3 Å². The van der Waals surface area contributed by atoms with Crippen molar-refractivity contribution in [3.8, 4) is 0 Å². The van der Waals surface area contributed by atoms with E-state index in [-0.39, 0.29) is 24.6 Å². The molecule has 168 valence electrons. The molecule has 0 aromatic heterocycles. The van der Waals surface area contributed by atoms with Gasteiger partial charge in [-0.15, -0.1) is 11.8 Å². The van der Waals surface area contributed by atoms with Gasteiger partial charge in [0.25, 0.3) is 0 Å². The Balaban J connectivity index is 3.79. The molecule has 0 unspecified atom stereocenters. The molecule has 29 heavy (non-hydrogen) atoms. The number of primary amides is 1. The number of hydrogen-bond donors (Lipinski definition) is 1. The molecule has 1 amide bonds. The lowest BCUT2D eigenvalue weighted by Crippen LogP contribution is -2.31. The second-order valence-corrected chi connectivity index (χ2v) is 11.7. The van der Waals surface area contributed by atoms with E-state index in [1.807, 2.05) is 0 Å². The Morgan fingerprint density at radius 1 is 1.00 bits per heavy atom. The Morgan fingerprint density at radius 2 is 1.52 bits per heavy atom. The van der Waals surface area contributed by atoms with Crippen LogP contribution in [0.4, 0.5) is 0 Å². The molecule has 0 aliphatic rings. The first-order chi connectivity index (χ1) is 13.7. The number of thiocarbonyl (C=S) groups is 1. The average Bonchev–Trinajstić information content (AvgIpc) is 2.65. The Kier molecular flexibility index (Phi) is 16.9. The van der Waals surface area contributed by atoms with Gasteiger partial charge in [0.05, 0.1) is 6.61 Å². The molecule has 0 aromatic carbocycles. The molecule has 0 aliphatic heterocycles. The minimum atomic E-state index is -0.754. The summed E-state index contributed by atoms with van der Waals surface area (Å²) in [7, 11) is 0. The third-order valence-electron chi connectivity index (χ3n) is 4.53. The van der Waals surface area contributed by atoms with Gasteiger partial charge < -0.3 is 10.5 Å². The first-order valence-electron chi connectivity index (χ1n) is 10.7. The van der Waals surface area contributed by atoms with Gasteiger partial charge in [-0.2, -0.15) is 0 Å². The van der Waals surface area contributed by atoms with Crippen LogP contribution in [0.15, 0.2) is 12.2 Å².